The lowest BCUT2D eigenvalue weighted by Crippen LogP contribution is -2.28. The van der Waals surface area contributed by atoms with E-state index in [4.69, 9.17) is 13.7 Å². The highest BCUT2D eigenvalue weighted by Gasteiger charge is 2.53. The number of hydrogen-bond acceptors (Lipinski definition) is 5. The van der Waals surface area contributed by atoms with Crippen molar-refractivity contribution in [3.8, 4) is 0 Å². The van der Waals surface area contributed by atoms with E-state index in [1.807, 2.05) is 6.92 Å². The van der Waals surface area contributed by atoms with Crippen molar-refractivity contribution in [2.75, 3.05) is 13.2 Å². The van der Waals surface area contributed by atoms with Gasteiger partial charge in [0.2, 0.25) is 0 Å². The summed E-state index contributed by atoms with van der Waals surface area (Å²) in [5.74, 6) is 0.480. The predicted octanol–water partition coefficient (Wildman–Crippen LogP) is 2.63. The highest BCUT2D eigenvalue weighted by Crippen LogP contribution is 2.52. The Hall–Kier alpha value is -0.950. The number of aryl methyl sites for hydroxylation is 1. The van der Waals surface area contributed by atoms with Gasteiger partial charge in [0.1, 0.15) is 0 Å². The van der Waals surface area contributed by atoms with E-state index in [0.29, 0.717) is 25.0 Å². The Balaban J connectivity index is 1.41. The smallest absolute Gasteiger partial charge is 0.297 e. The third-order valence-corrected chi connectivity index (χ3v) is 6.71. The van der Waals surface area contributed by atoms with Crippen LogP contribution < -0.4 is 0 Å². The number of fused-ring (bicyclic) bond motifs is 1. The molecule has 23 heavy (non-hydrogen) atoms. The van der Waals surface area contributed by atoms with Gasteiger partial charge in [0.05, 0.1) is 24.2 Å². The second-order valence-corrected chi connectivity index (χ2v) is 8.56. The molecule has 1 aromatic rings. The highest BCUT2D eigenvalue weighted by molar-refractivity contribution is 7.86. The van der Waals surface area contributed by atoms with E-state index in [2.05, 4.69) is 0 Å². The van der Waals surface area contributed by atoms with Gasteiger partial charge < -0.3 is 9.47 Å². The van der Waals surface area contributed by atoms with Crippen LogP contribution in [0.15, 0.2) is 29.2 Å². The summed E-state index contributed by atoms with van der Waals surface area (Å²) in [6.07, 6.45) is 3.04. The largest absolute Gasteiger partial charge is 0.348 e. The summed E-state index contributed by atoms with van der Waals surface area (Å²) in [4.78, 5) is 0.235. The first kappa shape index (κ1) is 15.6. The topological polar surface area (TPSA) is 61.8 Å². The van der Waals surface area contributed by atoms with Gasteiger partial charge in [-0.25, -0.2) is 0 Å². The molecule has 0 N–H and O–H groups in total. The molecule has 5 nitrogen and oxygen atoms in total. The molecular weight excluding hydrogens is 316 g/mol. The average molecular weight is 338 g/mol. The lowest BCUT2D eigenvalue weighted by Gasteiger charge is -2.23. The molecule has 0 aromatic heterocycles. The molecule has 3 aliphatic rings. The van der Waals surface area contributed by atoms with E-state index in [9.17, 15) is 8.42 Å². The van der Waals surface area contributed by atoms with Crippen LogP contribution in [0, 0.1) is 18.8 Å². The maximum Gasteiger partial charge on any atom is 0.297 e. The minimum atomic E-state index is -3.68. The molecule has 1 spiro atoms. The van der Waals surface area contributed by atoms with E-state index in [1.54, 1.807) is 24.3 Å². The second-order valence-electron chi connectivity index (χ2n) is 6.99. The quantitative estimate of drug-likeness (QED) is 0.793. The SMILES string of the molecule is Cc1ccc(S(=O)(=O)OC2CC3CC4(CC3C2)OCCO4)cc1. The first-order valence-electron chi connectivity index (χ1n) is 8.24. The van der Waals surface area contributed by atoms with Crippen LogP contribution in [0.3, 0.4) is 0 Å². The van der Waals surface area contributed by atoms with Crippen LogP contribution in [0.25, 0.3) is 0 Å². The molecule has 126 valence electrons. The Morgan fingerprint density at radius 2 is 1.61 bits per heavy atom. The zero-order valence-corrected chi connectivity index (χ0v) is 14.1. The van der Waals surface area contributed by atoms with Crippen LogP contribution in [0.1, 0.15) is 31.2 Å². The maximum absolute atomic E-state index is 12.4. The molecule has 2 aliphatic carbocycles. The van der Waals surface area contributed by atoms with Crippen LogP contribution in [-0.2, 0) is 23.8 Å². The fourth-order valence-electron chi connectivity index (χ4n) is 4.29. The van der Waals surface area contributed by atoms with Gasteiger partial charge >= 0.3 is 0 Å². The lowest BCUT2D eigenvalue weighted by atomic mass is 10.0. The Morgan fingerprint density at radius 1 is 1.04 bits per heavy atom. The molecule has 2 atom stereocenters. The molecule has 2 saturated carbocycles. The van der Waals surface area contributed by atoms with Crippen LogP contribution >= 0.6 is 0 Å². The van der Waals surface area contributed by atoms with E-state index in [1.165, 1.54) is 0 Å². The summed E-state index contributed by atoms with van der Waals surface area (Å²) in [7, 11) is -3.68. The first-order chi connectivity index (χ1) is 11.0. The minimum absolute atomic E-state index is 0.227. The molecule has 3 fully saturated rings. The normalized spacial score (nSPS) is 32.5. The van der Waals surface area contributed by atoms with Crippen LogP contribution in [0.2, 0.25) is 0 Å². The van der Waals surface area contributed by atoms with E-state index in [0.717, 1.165) is 31.2 Å². The van der Waals surface area contributed by atoms with Crippen molar-refractivity contribution in [2.24, 2.45) is 11.8 Å². The van der Waals surface area contributed by atoms with Gasteiger partial charge in [-0.1, -0.05) is 17.7 Å². The summed E-state index contributed by atoms with van der Waals surface area (Å²) in [5, 5.41) is 0. The molecule has 1 aliphatic heterocycles. The maximum atomic E-state index is 12.4. The summed E-state index contributed by atoms with van der Waals surface area (Å²) in [6.45, 7) is 3.26. The predicted molar refractivity (Wildman–Crippen MR) is 83.3 cm³/mol. The standard InChI is InChI=1S/C17H22O5S/c1-12-2-4-16(5-3-12)23(18,19)22-15-8-13-10-17(11-14(13)9-15)20-6-7-21-17/h2-5,13-15H,6-11H2,1H3. The average Bonchev–Trinajstić information content (AvgIpc) is 3.15. The number of benzene rings is 1. The second kappa shape index (κ2) is 5.55. The summed E-state index contributed by atoms with van der Waals surface area (Å²) in [5.41, 5.74) is 1.03. The molecule has 1 aromatic carbocycles. The van der Waals surface area contributed by atoms with Crippen LogP contribution in [0.4, 0.5) is 0 Å². The molecule has 0 radical (unpaired) electrons. The molecule has 1 heterocycles. The molecular formula is C17H22O5S. The van der Waals surface area contributed by atoms with Crippen molar-refractivity contribution in [2.45, 2.75) is 49.4 Å². The van der Waals surface area contributed by atoms with Crippen LogP contribution in [0.5, 0.6) is 0 Å². The fraction of sp³-hybridized carbons (Fsp3) is 0.647. The highest BCUT2D eigenvalue weighted by atomic mass is 32.2. The molecule has 6 heteroatoms. The third-order valence-electron chi connectivity index (χ3n) is 5.33. The van der Waals surface area contributed by atoms with Crippen molar-refractivity contribution >= 4 is 10.1 Å². The molecule has 4 rings (SSSR count). The van der Waals surface area contributed by atoms with Gasteiger partial charge in [0.15, 0.2) is 5.79 Å². The lowest BCUT2D eigenvalue weighted by molar-refractivity contribution is -0.156. The van der Waals surface area contributed by atoms with Crippen LogP contribution in [-0.4, -0.2) is 33.5 Å². The first-order valence-corrected chi connectivity index (χ1v) is 9.64. The van der Waals surface area contributed by atoms with E-state index in [-0.39, 0.29) is 11.0 Å². The zero-order valence-electron chi connectivity index (χ0n) is 13.2. The molecule has 2 unspecified atom stereocenters. The molecule has 1 saturated heterocycles. The molecule has 0 amide bonds. The Bertz CT molecular complexity index is 659. The van der Waals surface area contributed by atoms with Gasteiger partial charge in [-0.15, -0.1) is 0 Å². The van der Waals surface area contributed by atoms with Gasteiger partial charge in [0.25, 0.3) is 10.1 Å². The van der Waals surface area contributed by atoms with E-state index < -0.39 is 15.9 Å². The Kier molecular flexibility index (Phi) is 3.76. The number of hydrogen-bond donors (Lipinski definition) is 0. The zero-order chi connectivity index (χ0) is 16.1. The fourth-order valence-corrected chi connectivity index (χ4v) is 5.39. The Labute approximate surface area is 137 Å². The van der Waals surface area contributed by atoms with Gasteiger partial charge in [-0.2, -0.15) is 8.42 Å². The van der Waals surface area contributed by atoms with Crippen molar-refractivity contribution in [1.82, 2.24) is 0 Å². The number of rotatable bonds is 3. The minimum Gasteiger partial charge on any atom is -0.348 e. The molecule has 0 bridgehead atoms. The monoisotopic (exact) mass is 338 g/mol. The number of ether oxygens (including phenoxy) is 2. The van der Waals surface area contributed by atoms with Crippen molar-refractivity contribution in [1.29, 1.82) is 0 Å². The van der Waals surface area contributed by atoms with Gasteiger partial charge in [-0.05, 0) is 43.7 Å². The van der Waals surface area contributed by atoms with Crippen molar-refractivity contribution < 1.29 is 22.1 Å². The van der Waals surface area contributed by atoms with Crippen molar-refractivity contribution in [3.63, 3.8) is 0 Å². The summed E-state index contributed by atoms with van der Waals surface area (Å²) < 4.78 is 41.8. The van der Waals surface area contributed by atoms with Gasteiger partial charge in [0, 0.05) is 12.8 Å². The van der Waals surface area contributed by atoms with E-state index >= 15 is 0 Å². The third kappa shape index (κ3) is 2.93. The van der Waals surface area contributed by atoms with Crippen molar-refractivity contribution in [3.05, 3.63) is 29.8 Å². The van der Waals surface area contributed by atoms with Gasteiger partial charge in [-0.3, -0.25) is 4.18 Å². The summed E-state index contributed by atoms with van der Waals surface area (Å²) in [6, 6.07) is 6.79. The Morgan fingerprint density at radius 3 is 2.17 bits per heavy atom. The summed E-state index contributed by atoms with van der Waals surface area (Å²) >= 11 is 0.